The molecule has 0 N–H and O–H groups in total. The van der Waals surface area contributed by atoms with Gasteiger partial charge in [-0.25, -0.2) is 0 Å². The molecule has 242 valence electrons. The molecule has 0 fully saturated rings. The number of benzene rings is 3. The number of esters is 3. The van der Waals surface area contributed by atoms with Crippen LogP contribution < -0.4 is 0 Å². The van der Waals surface area contributed by atoms with Gasteiger partial charge in [-0.3, -0.25) is 14.4 Å². The molecule has 0 saturated carbocycles. The highest BCUT2D eigenvalue weighted by molar-refractivity contribution is 7.80. The number of hydrogen-bond acceptors (Lipinski definition) is 9. The maximum absolute atomic E-state index is 12.8. The number of carbonyl (C=O) groups excluding carboxylic acids is 3. The highest BCUT2D eigenvalue weighted by atomic mass is 32.1. The van der Waals surface area contributed by atoms with E-state index in [1.807, 2.05) is 97.9 Å². The zero-order valence-electron chi connectivity index (χ0n) is 25.8. The number of rotatable bonds is 19. The standard InChI is InChI=1S/C36H44O6S3/c1-2-36(24-40-33(37)21-18-30(43)27-12-6-3-7-13-27,25-41-34(38)22-19-31(44)28-14-8-4-9-15-28)26-42-35(39)23-20-32(45)29-16-10-5-11-17-29/h3-17,30-32,43-45H,2,18-26H2,1H3. The van der Waals surface area contributed by atoms with Crippen molar-refractivity contribution in [3.05, 3.63) is 108 Å². The Morgan fingerprint density at radius 3 is 1.04 bits per heavy atom. The first-order valence-electron chi connectivity index (χ1n) is 15.4. The molecular formula is C36H44O6S3. The van der Waals surface area contributed by atoms with Crippen molar-refractivity contribution >= 4 is 55.8 Å². The van der Waals surface area contributed by atoms with E-state index in [4.69, 9.17) is 14.2 Å². The Hall–Kier alpha value is -2.88. The molecule has 3 aromatic carbocycles. The van der Waals surface area contributed by atoms with Gasteiger partial charge >= 0.3 is 17.9 Å². The van der Waals surface area contributed by atoms with E-state index in [1.54, 1.807) is 0 Å². The lowest BCUT2D eigenvalue weighted by Crippen LogP contribution is -2.39. The van der Waals surface area contributed by atoms with Gasteiger partial charge in [0.25, 0.3) is 0 Å². The zero-order valence-corrected chi connectivity index (χ0v) is 28.4. The Morgan fingerprint density at radius 1 is 0.533 bits per heavy atom. The lowest BCUT2D eigenvalue weighted by Gasteiger charge is -2.31. The van der Waals surface area contributed by atoms with Crippen LogP contribution in [0.2, 0.25) is 0 Å². The van der Waals surface area contributed by atoms with E-state index in [-0.39, 0.29) is 72.7 Å². The van der Waals surface area contributed by atoms with Crippen molar-refractivity contribution in [1.82, 2.24) is 0 Å². The highest BCUT2D eigenvalue weighted by Gasteiger charge is 2.34. The third kappa shape index (κ3) is 13.2. The summed E-state index contributed by atoms with van der Waals surface area (Å²) in [6, 6.07) is 29.2. The van der Waals surface area contributed by atoms with Crippen LogP contribution >= 0.6 is 37.9 Å². The van der Waals surface area contributed by atoms with Gasteiger partial charge in [0.15, 0.2) is 0 Å². The van der Waals surface area contributed by atoms with Crippen LogP contribution in [0.15, 0.2) is 91.0 Å². The number of ether oxygens (including phenoxy) is 3. The van der Waals surface area contributed by atoms with Gasteiger partial charge in [-0.1, -0.05) is 97.9 Å². The van der Waals surface area contributed by atoms with Gasteiger partial charge in [0.2, 0.25) is 0 Å². The first kappa shape index (κ1) is 36.6. The van der Waals surface area contributed by atoms with Crippen LogP contribution in [0.5, 0.6) is 0 Å². The molecule has 0 saturated heterocycles. The molecule has 0 aliphatic heterocycles. The lowest BCUT2D eigenvalue weighted by atomic mass is 9.88. The first-order valence-corrected chi connectivity index (χ1v) is 16.9. The van der Waals surface area contributed by atoms with E-state index in [1.165, 1.54) is 0 Å². The summed E-state index contributed by atoms with van der Waals surface area (Å²) in [5, 5.41) is -0.306. The second-order valence-electron chi connectivity index (χ2n) is 11.2. The molecule has 0 heterocycles. The van der Waals surface area contributed by atoms with Crippen LogP contribution in [0, 0.1) is 5.41 Å². The van der Waals surface area contributed by atoms with E-state index in [0.29, 0.717) is 25.7 Å². The summed E-state index contributed by atoms with van der Waals surface area (Å²) in [7, 11) is 0. The average molecular weight is 669 g/mol. The average Bonchev–Trinajstić information content (AvgIpc) is 3.09. The molecular weight excluding hydrogens is 625 g/mol. The van der Waals surface area contributed by atoms with Crippen molar-refractivity contribution in [1.29, 1.82) is 0 Å². The van der Waals surface area contributed by atoms with E-state index in [0.717, 1.165) is 16.7 Å². The van der Waals surface area contributed by atoms with Crippen molar-refractivity contribution in [2.24, 2.45) is 5.41 Å². The Balaban J connectivity index is 1.55. The van der Waals surface area contributed by atoms with Gasteiger partial charge in [0.05, 0.1) is 5.41 Å². The molecule has 0 aromatic heterocycles. The molecule has 0 spiro atoms. The fourth-order valence-electron chi connectivity index (χ4n) is 4.64. The Morgan fingerprint density at radius 2 is 0.800 bits per heavy atom. The molecule has 3 rings (SSSR count). The van der Waals surface area contributed by atoms with Crippen molar-refractivity contribution < 1.29 is 28.6 Å². The van der Waals surface area contributed by atoms with Crippen LogP contribution in [0.3, 0.4) is 0 Å². The lowest BCUT2D eigenvalue weighted by molar-refractivity contribution is -0.162. The summed E-state index contributed by atoms with van der Waals surface area (Å²) in [6.45, 7) is 1.74. The first-order chi connectivity index (χ1) is 21.7. The monoisotopic (exact) mass is 668 g/mol. The predicted molar refractivity (Wildman–Crippen MR) is 188 cm³/mol. The molecule has 9 heteroatoms. The molecule has 0 aliphatic carbocycles. The Labute approximate surface area is 283 Å². The fourth-order valence-corrected chi connectivity index (χ4v) is 5.54. The quantitative estimate of drug-likeness (QED) is 0.0677. The van der Waals surface area contributed by atoms with Crippen molar-refractivity contribution in [3.63, 3.8) is 0 Å². The topological polar surface area (TPSA) is 78.9 Å². The molecule has 3 aromatic rings. The molecule has 0 amide bonds. The summed E-state index contributed by atoms with van der Waals surface area (Å²) >= 11 is 13.9. The normalized spacial score (nSPS) is 14.4. The predicted octanol–water partition coefficient (Wildman–Crippen LogP) is 8.37. The van der Waals surface area contributed by atoms with E-state index >= 15 is 0 Å². The summed E-state index contributed by atoms with van der Waals surface area (Å²) in [4.78, 5) is 38.3. The molecule has 3 atom stereocenters. The van der Waals surface area contributed by atoms with Gasteiger partial charge in [-0.05, 0) is 42.4 Å². The summed E-state index contributed by atoms with van der Waals surface area (Å²) in [6.07, 6.45) is 2.50. The molecule has 6 nitrogen and oxygen atoms in total. The number of thiol groups is 3. The molecule has 45 heavy (non-hydrogen) atoms. The zero-order chi connectivity index (χ0) is 32.5. The van der Waals surface area contributed by atoms with Crippen LogP contribution in [-0.2, 0) is 28.6 Å². The van der Waals surface area contributed by atoms with E-state index in [2.05, 4.69) is 37.9 Å². The van der Waals surface area contributed by atoms with Crippen LogP contribution in [-0.4, -0.2) is 37.7 Å². The second kappa shape index (κ2) is 19.6. The van der Waals surface area contributed by atoms with Gasteiger partial charge in [0, 0.05) is 35.0 Å². The SMILES string of the molecule is CCC(COC(=O)CCC(S)c1ccccc1)(COC(=O)CCC(S)c1ccccc1)COC(=O)CCC(S)c1ccccc1. The minimum Gasteiger partial charge on any atom is -0.465 e. The van der Waals surface area contributed by atoms with Crippen LogP contribution in [0.25, 0.3) is 0 Å². The fraction of sp³-hybridized carbons (Fsp3) is 0.417. The molecule has 0 aliphatic rings. The van der Waals surface area contributed by atoms with Crippen molar-refractivity contribution in [2.45, 2.75) is 67.6 Å². The van der Waals surface area contributed by atoms with Crippen LogP contribution in [0.1, 0.15) is 84.3 Å². The molecule has 3 unspecified atom stereocenters. The van der Waals surface area contributed by atoms with Crippen molar-refractivity contribution in [2.75, 3.05) is 19.8 Å². The summed E-state index contributed by atoms with van der Waals surface area (Å²) in [5.41, 5.74) is 2.20. The highest BCUT2D eigenvalue weighted by Crippen LogP contribution is 2.30. The maximum Gasteiger partial charge on any atom is 0.305 e. The second-order valence-corrected chi connectivity index (χ2v) is 13.1. The third-order valence-corrected chi connectivity index (χ3v) is 9.46. The molecule has 0 radical (unpaired) electrons. The Kier molecular flexibility index (Phi) is 15.9. The largest absolute Gasteiger partial charge is 0.465 e. The van der Waals surface area contributed by atoms with Gasteiger partial charge in [-0.2, -0.15) is 37.9 Å². The van der Waals surface area contributed by atoms with Crippen molar-refractivity contribution in [3.8, 4) is 0 Å². The van der Waals surface area contributed by atoms with Gasteiger partial charge in [0.1, 0.15) is 19.8 Å². The minimum atomic E-state index is -0.889. The summed E-state index contributed by atoms with van der Waals surface area (Å²) < 4.78 is 17.0. The number of hydrogen-bond donors (Lipinski definition) is 3. The maximum atomic E-state index is 12.8. The van der Waals surface area contributed by atoms with E-state index in [9.17, 15) is 14.4 Å². The number of carbonyl (C=O) groups is 3. The minimum absolute atomic E-state index is 0.0517. The Bertz CT molecular complexity index is 1150. The molecule has 0 bridgehead atoms. The summed E-state index contributed by atoms with van der Waals surface area (Å²) in [5.74, 6) is -1.16. The van der Waals surface area contributed by atoms with Crippen LogP contribution in [0.4, 0.5) is 0 Å². The van der Waals surface area contributed by atoms with Gasteiger partial charge < -0.3 is 14.2 Å². The van der Waals surface area contributed by atoms with Gasteiger partial charge in [-0.15, -0.1) is 0 Å². The third-order valence-electron chi connectivity index (χ3n) is 7.79. The smallest absolute Gasteiger partial charge is 0.305 e. The van der Waals surface area contributed by atoms with E-state index < -0.39 is 5.41 Å².